The predicted octanol–water partition coefficient (Wildman–Crippen LogP) is 17.2. The van der Waals surface area contributed by atoms with E-state index in [0.717, 1.165) is 17.1 Å². The van der Waals surface area contributed by atoms with Crippen LogP contribution in [0.2, 0.25) is 0 Å². The average molecular weight is 878 g/mol. The smallest absolute Gasteiger partial charge is 0.0714 e. The molecule has 0 aliphatic heterocycles. The summed E-state index contributed by atoms with van der Waals surface area (Å²) in [6.45, 7) is 0. The van der Waals surface area contributed by atoms with Crippen molar-refractivity contribution in [2.45, 2.75) is 10.8 Å². The number of hydrogen-bond donors (Lipinski definition) is 0. The van der Waals surface area contributed by atoms with E-state index in [1.54, 1.807) is 0 Å². The summed E-state index contributed by atoms with van der Waals surface area (Å²) < 4.78 is 0. The summed E-state index contributed by atoms with van der Waals surface area (Å²) in [5.41, 5.74) is 22.4. The number of para-hydroxylation sites is 1. The van der Waals surface area contributed by atoms with Crippen LogP contribution in [0.15, 0.2) is 285 Å². The van der Waals surface area contributed by atoms with E-state index in [9.17, 15) is 0 Å². The van der Waals surface area contributed by atoms with Gasteiger partial charge >= 0.3 is 0 Å². The Bertz CT molecular complexity index is 3560. The fourth-order valence-electron chi connectivity index (χ4n) is 12.0. The lowest BCUT2D eigenvalue weighted by atomic mass is 9.67. The van der Waals surface area contributed by atoms with Crippen LogP contribution < -0.4 is 4.90 Å². The summed E-state index contributed by atoms with van der Waals surface area (Å²) >= 11 is 0. The van der Waals surface area contributed by atoms with Gasteiger partial charge in [-0.05, 0) is 108 Å². The third-order valence-corrected chi connectivity index (χ3v) is 14.8. The minimum Gasteiger partial charge on any atom is -0.309 e. The molecule has 0 N–H and O–H groups in total. The van der Waals surface area contributed by atoms with E-state index in [1.165, 1.54) is 89.0 Å². The maximum absolute atomic E-state index is 2.50. The maximum Gasteiger partial charge on any atom is 0.0714 e. The third kappa shape index (κ3) is 6.17. The highest BCUT2D eigenvalue weighted by molar-refractivity contribution is 6.00. The van der Waals surface area contributed by atoms with E-state index in [4.69, 9.17) is 0 Å². The minimum atomic E-state index is -0.524. The van der Waals surface area contributed by atoms with E-state index in [2.05, 4.69) is 290 Å². The number of fused-ring (bicyclic) bond motifs is 6. The molecule has 2 aliphatic rings. The van der Waals surface area contributed by atoms with Gasteiger partial charge in [-0.3, -0.25) is 0 Å². The molecule has 13 rings (SSSR count). The molecule has 1 nitrogen and oxygen atoms in total. The molecule has 1 heteroatoms. The molecule has 0 bridgehead atoms. The molecule has 2 aliphatic carbocycles. The maximum atomic E-state index is 2.50. The second kappa shape index (κ2) is 16.5. The number of nitrogens with zero attached hydrogens (tertiary/aromatic N) is 1. The van der Waals surface area contributed by atoms with Crippen LogP contribution in [0.25, 0.3) is 44.5 Å². The first kappa shape index (κ1) is 40.5. The molecule has 0 radical (unpaired) electrons. The van der Waals surface area contributed by atoms with Gasteiger partial charge in [-0.2, -0.15) is 0 Å². The topological polar surface area (TPSA) is 3.24 Å². The lowest BCUT2D eigenvalue weighted by Crippen LogP contribution is -2.28. The van der Waals surface area contributed by atoms with Crippen molar-refractivity contribution < 1.29 is 0 Å². The van der Waals surface area contributed by atoms with E-state index >= 15 is 0 Å². The Morgan fingerprint density at radius 2 is 0.638 bits per heavy atom. The Morgan fingerprint density at radius 1 is 0.232 bits per heavy atom. The van der Waals surface area contributed by atoms with Crippen LogP contribution in [0.1, 0.15) is 44.5 Å². The lowest BCUT2D eigenvalue weighted by Gasteiger charge is -2.34. The number of benzene rings is 11. The zero-order valence-electron chi connectivity index (χ0n) is 38.1. The van der Waals surface area contributed by atoms with Gasteiger partial charge in [-0.25, -0.2) is 0 Å². The summed E-state index contributed by atoms with van der Waals surface area (Å²) in [7, 11) is 0. The average Bonchev–Trinajstić information content (AvgIpc) is 3.91. The SMILES string of the molecule is c1ccc(-c2ccccc2N(c2ccc(-c3ccc4c(c3)-c3ccccc3C4(c3ccccc3)c3ccccc3)cc2)c2cccc3c2-c2ccccc2C3(c2ccccc2)c2ccccc2)cc1. The van der Waals surface area contributed by atoms with Gasteiger partial charge in [0, 0.05) is 16.8 Å². The van der Waals surface area contributed by atoms with Gasteiger partial charge in [0.25, 0.3) is 0 Å². The number of rotatable bonds is 9. The summed E-state index contributed by atoms with van der Waals surface area (Å²) in [4.78, 5) is 2.50. The molecular formula is C68H47N. The van der Waals surface area contributed by atoms with Crippen molar-refractivity contribution in [2.24, 2.45) is 0 Å². The zero-order valence-corrected chi connectivity index (χ0v) is 38.1. The Kier molecular flexibility index (Phi) is 9.70. The van der Waals surface area contributed by atoms with Gasteiger partial charge in [-0.1, -0.05) is 255 Å². The van der Waals surface area contributed by atoms with Gasteiger partial charge in [0.2, 0.25) is 0 Å². The normalized spacial score (nSPS) is 13.4. The highest BCUT2D eigenvalue weighted by Gasteiger charge is 2.48. The molecule has 0 saturated heterocycles. The summed E-state index contributed by atoms with van der Waals surface area (Å²) in [6, 6.07) is 105. The van der Waals surface area contributed by atoms with Crippen molar-refractivity contribution in [3.05, 3.63) is 330 Å². The van der Waals surface area contributed by atoms with E-state index in [0.29, 0.717) is 0 Å². The third-order valence-electron chi connectivity index (χ3n) is 14.8. The van der Waals surface area contributed by atoms with E-state index in [1.807, 2.05) is 0 Å². The van der Waals surface area contributed by atoms with Crippen LogP contribution in [-0.2, 0) is 10.8 Å². The fraction of sp³-hybridized carbons (Fsp3) is 0.0294. The van der Waals surface area contributed by atoms with Crippen molar-refractivity contribution in [1.29, 1.82) is 0 Å². The van der Waals surface area contributed by atoms with Crippen LogP contribution in [0.4, 0.5) is 17.1 Å². The van der Waals surface area contributed by atoms with Crippen molar-refractivity contribution in [3.8, 4) is 44.5 Å². The second-order valence-electron chi connectivity index (χ2n) is 18.3. The molecule has 0 spiro atoms. The molecule has 0 heterocycles. The summed E-state index contributed by atoms with van der Waals surface area (Å²) in [5.74, 6) is 0. The monoisotopic (exact) mass is 877 g/mol. The first-order chi connectivity index (χ1) is 34.3. The first-order valence-electron chi connectivity index (χ1n) is 24.0. The molecule has 69 heavy (non-hydrogen) atoms. The van der Waals surface area contributed by atoms with E-state index < -0.39 is 10.8 Å². The molecule has 0 fully saturated rings. The Balaban J connectivity index is 1.00. The number of hydrogen-bond acceptors (Lipinski definition) is 1. The summed E-state index contributed by atoms with van der Waals surface area (Å²) in [6.07, 6.45) is 0. The van der Waals surface area contributed by atoms with Crippen LogP contribution in [0, 0.1) is 0 Å². The largest absolute Gasteiger partial charge is 0.309 e. The zero-order chi connectivity index (χ0) is 45.8. The first-order valence-corrected chi connectivity index (χ1v) is 24.0. The fourth-order valence-corrected chi connectivity index (χ4v) is 12.0. The molecule has 324 valence electrons. The van der Waals surface area contributed by atoms with Gasteiger partial charge in [0.1, 0.15) is 0 Å². The molecule has 0 unspecified atom stereocenters. The van der Waals surface area contributed by atoms with Crippen LogP contribution in [0.3, 0.4) is 0 Å². The van der Waals surface area contributed by atoms with Gasteiger partial charge in [-0.15, -0.1) is 0 Å². The Morgan fingerprint density at radius 3 is 1.22 bits per heavy atom. The molecule has 0 amide bonds. The van der Waals surface area contributed by atoms with Gasteiger partial charge < -0.3 is 4.90 Å². The summed E-state index contributed by atoms with van der Waals surface area (Å²) in [5, 5.41) is 0. The Hall–Kier alpha value is -8.78. The van der Waals surface area contributed by atoms with Crippen molar-refractivity contribution >= 4 is 17.1 Å². The quantitative estimate of drug-likeness (QED) is 0.140. The van der Waals surface area contributed by atoms with E-state index in [-0.39, 0.29) is 0 Å². The highest BCUT2D eigenvalue weighted by Crippen LogP contribution is 2.60. The lowest BCUT2D eigenvalue weighted by molar-refractivity contribution is 0.768. The molecular weight excluding hydrogens is 831 g/mol. The standard InChI is InChI=1S/C68H47N/c1-6-23-49(24-7-1)56-33-18-21-39-64(56)69(65-40-22-38-63-66(65)58-35-17-20-37-61(58)68(63,53-29-12-4-13-30-53)54-31-14-5-15-32-54)55-44-41-48(42-45-55)50-43-46-62-59(47-50)57-34-16-19-36-60(57)67(62,51-25-8-2-9-26-51)52-27-10-3-11-28-52/h1-47H. The van der Waals surface area contributed by atoms with Crippen molar-refractivity contribution in [3.63, 3.8) is 0 Å². The van der Waals surface area contributed by atoms with Gasteiger partial charge in [0.15, 0.2) is 0 Å². The number of anilines is 3. The van der Waals surface area contributed by atoms with Crippen molar-refractivity contribution in [2.75, 3.05) is 4.90 Å². The molecule has 0 aromatic heterocycles. The van der Waals surface area contributed by atoms with Crippen molar-refractivity contribution in [1.82, 2.24) is 0 Å². The molecule has 11 aromatic carbocycles. The molecule has 0 saturated carbocycles. The van der Waals surface area contributed by atoms with Gasteiger partial charge in [0.05, 0.1) is 22.2 Å². The highest BCUT2D eigenvalue weighted by atomic mass is 15.1. The van der Waals surface area contributed by atoms with Crippen LogP contribution in [0.5, 0.6) is 0 Å². The van der Waals surface area contributed by atoms with Crippen LogP contribution >= 0.6 is 0 Å². The second-order valence-corrected chi connectivity index (χ2v) is 18.3. The van der Waals surface area contributed by atoms with Crippen LogP contribution in [-0.4, -0.2) is 0 Å². The predicted molar refractivity (Wildman–Crippen MR) is 287 cm³/mol. The minimum absolute atomic E-state index is 0.434. The molecule has 11 aromatic rings. The molecule has 0 atom stereocenters. The Labute approximate surface area is 404 Å².